The third-order valence-corrected chi connectivity index (χ3v) is 7.42. The smallest absolute Gasteiger partial charge is 0.407 e. The van der Waals surface area contributed by atoms with Crippen LogP contribution >= 0.6 is 0 Å². The Morgan fingerprint density at radius 2 is 1.86 bits per heavy atom. The van der Waals surface area contributed by atoms with E-state index in [-0.39, 0.29) is 28.5 Å². The molecular weight excluding hydrogens is 440 g/mol. The van der Waals surface area contributed by atoms with Crippen LogP contribution in [-0.2, 0) is 20.1 Å². The van der Waals surface area contributed by atoms with E-state index in [9.17, 15) is 14.7 Å². The van der Waals surface area contributed by atoms with Crippen LogP contribution in [0.25, 0.3) is 11.2 Å². The number of rotatable bonds is 5. The van der Waals surface area contributed by atoms with Gasteiger partial charge in [0.2, 0.25) is 0 Å². The summed E-state index contributed by atoms with van der Waals surface area (Å²) >= 11 is 0. The lowest BCUT2D eigenvalue weighted by molar-refractivity contribution is 0.0368. The molecule has 0 radical (unpaired) electrons. The molecule has 2 aromatic heterocycles. The topological polar surface area (TPSA) is 80.4 Å². The fraction of sp³-hybridized carbons (Fsp3) is 0.536. The summed E-state index contributed by atoms with van der Waals surface area (Å²) in [7, 11) is 1.78. The van der Waals surface area contributed by atoms with Crippen molar-refractivity contribution in [2.24, 2.45) is 17.9 Å². The Morgan fingerprint density at radius 1 is 1.17 bits per heavy atom. The number of aryl methyl sites for hydroxylation is 1. The minimum absolute atomic E-state index is 0.0298. The molecule has 2 unspecified atom stereocenters. The van der Waals surface area contributed by atoms with Crippen molar-refractivity contribution >= 4 is 17.3 Å². The minimum Gasteiger partial charge on any atom is -0.465 e. The van der Waals surface area contributed by atoms with Gasteiger partial charge in [-0.3, -0.25) is 9.13 Å². The number of benzene rings is 1. The maximum absolute atomic E-state index is 12.9. The van der Waals surface area contributed by atoms with Gasteiger partial charge in [0.15, 0.2) is 5.65 Å². The normalized spacial score (nSPS) is 20.2. The van der Waals surface area contributed by atoms with Crippen LogP contribution in [0.4, 0.5) is 4.79 Å². The number of pyridine rings is 1. The average Bonchev–Trinajstić information content (AvgIpc) is 3.01. The van der Waals surface area contributed by atoms with Gasteiger partial charge in [0.05, 0.1) is 5.52 Å². The van der Waals surface area contributed by atoms with E-state index >= 15 is 0 Å². The molecule has 1 aliphatic rings. The molecule has 0 spiro atoms. The third kappa shape index (κ3) is 5.14. The van der Waals surface area contributed by atoms with Gasteiger partial charge in [-0.15, -0.1) is 0 Å². The molecule has 1 aliphatic carbocycles. The quantitative estimate of drug-likeness (QED) is 0.516. The Labute approximate surface area is 207 Å². The molecule has 2 atom stereocenters. The van der Waals surface area contributed by atoms with Gasteiger partial charge in [0.1, 0.15) is 0 Å². The molecule has 0 aliphatic heterocycles. The molecule has 0 saturated heterocycles. The van der Waals surface area contributed by atoms with Crippen LogP contribution in [-0.4, -0.2) is 36.3 Å². The summed E-state index contributed by atoms with van der Waals surface area (Å²) in [6.45, 7) is 11.7. The highest BCUT2D eigenvalue weighted by Gasteiger charge is 2.42. The minimum atomic E-state index is -0.891. The monoisotopic (exact) mass is 478 g/mol. The van der Waals surface area contributed by atoms with Gasteiger partial charge in [0, 0.05) is 37.8 Å². The average molecular weight is 479 g/mol. The van der Waals surface area contributed by atoms with Crippen molar-refractivity contribution < 1.29 is 9.90 Å². The zero-order chi connectivity index (χ0) is 25.5. The Bertz CT molecular complexity index is 1270. The third-order valence-electron chi connectivity index (χ3n) is 7.42. The second kappa shape index (κ2) is 9.17. The van der Waals surface area contributed by atoms with Crippen LogP contribution in [0.5, 0.6) is 0 Å². The van der Waals surface area contributed by atoms with Gasteiger partial charge >= 0.3 is 11.8 Å². The van der Waals surface area contributed by atoms with Crippen LogP contribution < -0.4 is 5.69 Å². The summed E-state index contributed by atoms with van der Waals surface area (Å²) in [4.78, 5) is 31.9. The molecule has 188 valence electrons. The van der Waals surface area contributed by atoms with E-state index in [0.29, 0.717) is 25.2 Å². The van der Waals surface area contributed by atoms with Crippen LogP contribution in [0.3, 0.4) is 0 Å². The number of fused-ring (bicyclic) bond motifs is 1. The molecule has 1 amide bonds. The molecule has 2 heterocycles. The molecule has 1 N–H and O–H groups in total. The predicted molar refractivity (Wildman–Crippen MR) is 139 cm³/mol. The van der Waals surface area contributed by atoms with Gasteiger partial charge in [-0.1, -0.05) is 65.0 Å². The number of amides is 1. The summed E-state index contributed by atoms with van der Waals surface area (Å²) in [5.74, 6) is 0.135. The largest absolute Gasteiger partial charge is 0.465 e. The van der Waals surface area contributed by atoms with Crippen LogP contribution in [0.15, 0.2) is 47.3 Å². The van der Waals surface area contributed by atoms with Crippen molar-refractivity contribution in [1.29, 1.82) is 0 Å². The van der Waals surface area contributed by atoms with E-state index in [0.717, 1.165) is 29.6 Å². The zero-order valence-electron chi connectivity index (χ0n) is 21.8. The molecular formula is C28H38N4O3. The second-order valence-corrected chi connectivity index (χ2v) is 11.9. The summed E-state index contributed by atoms with van der Waals surface area (Å²) in [6.07, 6.45) is 1.67. The van der Waals surface area contributed by atoms with E-state index in [2.05, 4.69) is 34.6 Å². The van der Waals surface area contributed by atoms with Crippen LogP contribution in [0.1, 0.15) is 71.1 Å². The molecule has 3 aromatic rings. The number of hydrogen-bond acceptors (Lipinski definition) is 3. The highest BCUT2D eigenvalue weighted by Crippen LogP contribution is 2.45. The number of aromatic nitrogens is 3. The van der Waals surface area contributed by atoms with Gasteiger partial charge in [-0.2, -0.15) is 0 Å². The molecule has 4 rings (SSSR count). The van der Waals surface area contributed by atoms with Gasteiger partial charge in [-0.05, 0) is 47.8 Å². The second-order valence-electron chi connectivity index (χ2n) is 11.9. The van der Waals surface area contributed by atoms with E-state index in [1.165, 1.54) is 0 Å². The first-order chi connectivity index (χ1) is 16.4. The van der Waals surface area contributed by atoms with Gasteiger partial charge in [-0.25, -0.2) is 14.6 Å². The van der Waals surface area contributed by atoms with E-state index < -0.39 is 6.09 Å². The molecule has 7 nitrogen and oxygen atoms in total. The highest BCUT2D eigenvalue weighted by molar-refractivity contribution is 5.72. The fourth-order valence-corrected chi connectivity index (χ4v) is 5.47. The fourth-order valence-electron chi connectivity index (χ4n) is 5.47. The van der Waals surface area contributed by atoms with Crippen molar-refractivity contribution in [3.8, 4) is 0 Å². The summed E-state index contributed by atoms with van der Waals surface area (Å²) < 4.78 is 3.44. The first-order valence-electron chi connectivity index (χ1n) is 12.5. The van der Waals surface area contributed by atoms with Crippen molar-refractivity contribution in [2.45, 2.75) is 78.9 Å². The number of hydrogen-bond donors (Lipinski definition) is 1. The Balaban J connectivity index is 1.66. The maximum atomic E-state index is 12.9. The van der Waals surface area contributed by atoms with Crippen LogP contribution in [0, 0.1) is 10.8 Å². The van der Waals surface area contributed by atoms with Crippen molar-refractivity contribution in [1.82, 2.24) is 19.0 Å². The Hall–Kier alpha value is -3.09. The van der Waals surface area contributed by atoms with Gasteiger partial charge < -0.3 is 10.0 Å². The van der Waals surface area contributed by atoms with E-state index in [1.807, 2.05) is 47.0 Å². The number of nitrogens with zero attached hydrogens (tertiary/aromatic N) is 4. The van der Waals surface area contributed by atoms with Crippen molar-refractivity contribution in [2.75, 3.05) is 0 Å². The maximum Gasteiger partial charge on any atom is 0.407 e. The Morgan fingerprint density at radius 3 is 2.49 bits per heavy atom. The van der Waals surface area contributed by atoms with Crippen molar-refractivity contribution in [3.05, 3.63) is 64.2 Å². The molecule has 35 heavy (non-hydrogen) atoms. The first-order valence-corrected chi connectivity index (χ1v) is 12.5. The highest BCUT2D eigenvalue weighted by atomic mass is 16.4. The van der Waals surface area contributed by atoms with Gasteiger partial charge in [0.25, 0.3) is 0 Å². The first kappa shape index (κ1) is 25.0. The molecule has 0 bridgehead atoms. The van der Waals surface area contributed by atoms with E-state index in [1.54, 1.807) is 16.5 Å². The lowest BCUT2D eigenvalue weighted by atomic mass is 9.68. The lowest BCUT2D eigenvalue weighted by Crippen LogP contribution is -2.50. The number of imidazole rings is 1. The van der Waals surface area contributed by atoms with Crippen LogP contribution in [0.2, 0.25) is 0 Å². The summed E-state index contributed by atoms with van der Waals surface area (Å²) in [5.41, 5.74) is 3.24. The molecule has 7 heteroatoms. The number of carbonyl (C=O) groups is 1. The Kier molecular flexibility index (Phi) is 6.56. The molecule has 1 fully saturated rings. The summed E-state index contributed by atoms with van der Waals surface area (Å²) in [5, 5.41) is 10.1. The van der Waals surface area contributed by atoms with Crippen molar-refractivity contribution in [3.63, 3.8) is 0 Å². The standard InChI is InChI=1S/C28H38N4O3/c1-27(2,3)18-32-22-13-12-21(29-24(22)30(6)25(32)33)20-14-15-28(4,5)23(16-20)31(26(34)35)17-19-10-8-7-9-11-19/h7-13,20,23H,14-18H2,1-6H3,(H,34,35). The SMILES string of the molecule is Cn1c(=O)n(CC(C)(C)C)c2ccc(C3CCC(C)(C)C(N(Cc4ccccc4)C(=O)O)C3)nc21. The van der Waals surface area contributed by atoms with E-state index in [4.69, 9.17) is 4.98 Å². The summed E-state index contributed by atoms with van der Waals surface area (Å²) in [6, 6.07) is 13.7. The molecule has 1 aromatic carbocycles. The number of carboxylic acid groups (broad SMARTS) is 1. The predicted octanol–water partition coefficient (Wildman–Crippen LogP) is 5.62. The lowest BCUT2D eigenvalue weighted by Gasteiger charge is -2.46. The molecule has 1 saturated carbocycles. The zero-order valence-corrected chi connectivity index (χ0v) is 21.8.